The Bertz CT molecular complexity index is 718. The summed E-state index contributed by atoms with van der Waals surface area (Å²) in [6.07, 6.45) is 0.622. The molecule has 0 heterocycles. The largest absolute Gasteiger partial charge is 0.455 e. The van der Waals surface area contributed by atoms with Crippen molar-refractivity contribution in [2.45, 2.75) is 51.7 Å². The van der Waals surface area contributed by atoms with Gasteiger partial charge in [-0.3, -0.25) is 9.59 Å². The fourth-order valence-corrected chi connectivity index (χ4v) is 3.71. The van der Waals surface area contributed by atoms with Gasteiger partial charge in [-0.25, -0.2) is 0 Å². The van der Waals surface area contributed by atoms with Crippen LogP contribution in [0, 0.1) is 0 Å². The summed E-state index contributed by atoms with van der Waals surface area (Å²) in [5, 5.41) is 0. The maximum atomic E-state index is 12.1. The van der Waals surface area contributed by atoms with E-state index in [2.05, 4.69) is 0 Å². The van der Waals surface area contributed by atoms with Gasteiger partial charge in [-0.15, -0.1) is 0 Å². The molecule has 29 heavy (non-hydrogen) atoms. The molecule has 2 aromatic rings. The lowest BCUT2D eigenvalue weighted by Crippen LogP contribution is -2.26. The molecule has 0 atom stereocenters. The SMILES string of the molecule is CC(C)(OC(=O)CCSCCC(=O)OC(C)(C)c1ccccc1)c1ccccc1. The van der Waals surface area contributed by atoms with Gasteiger partial charge in [0.2, 0.25) is 0 Å². The normalized spacial score (nSPS) is 11.7. The van der Waals surface area contributed by atoms with Crippen molar-refractivity contribution in [1.82, 2.24) is 0 Å². The number of esters is 2. The fourth-order valence-electron chi connectivity index (χ4n) is 2.88. The molecule has 0 saturated carbocycles. The van der Waals surface area contributed by atoms with E-state index in [4.69, 9.17) is 9.47 Å². The molecule has 156 valence electrons. The van der Waals surface area contributed by atoms with E-state index in [-0.39, 0.29) is 11.9 Å². The average Bonchev–Trinajstić information content (AvgIpc) is 2.68. The number of benzene rings is 2. The first kappa shape index (κ1) is 23.0. The van der Waals surface area contributed by atoms with E-state index in [1.807, 2.05) is 88.4 Å². The highest BCUT2D eigenvalue weighted by Crippen LogP contribution is 2.26. The van der Waals surface area contributed by atoms with Crippen LogP contribution >= 0.6 is 11.8 Å². The molecular formula is C24H30O4S. The lowest BCUT2D eigenvalue weighted by Gasteiger charge is -2.26. The van der Waals surface area contributed by atoms with Crippen molar-refractivity contribution in [2.24, 2.45) is 0 Å². The van der Waals surface area contributed by atoms with Gasteiger partial charge in [-0.05, 0) is 38.8 Å². The van der Waals surface area contributed by atoms with E-state index in [1.165, 1.54) is 0 Å². The minimum absolute atomic E-state index is 0.237. The molecule has 2 aromatic carbocycles. The van der Waals surface area contributed by atoms with Crippen LogP contribution in [0.1, 0.15) is 51.7 Å². The lowest BCUT2D eigenvalue weighted by molar-refractivity contribution is -0.157. The van der Waals surface area contributed by atoms with E-state index in [1.54, 1.807) is 11.8 Å². The van der Waals surface area contributed by atoms with Crippen LogP contribution in [0.15, 0.2) is 60.7 Å². The van der Waals surface area contributed by atoms with Crippen LogP contribution in [0.5, 0.6) is 0 Å². The smallest absolute Gasteiger partial charge is 0.307 e. The summed E-state index contributed by atoms with van der Waals surface area (Å²) in [4.78, 5) is 24.3. The van der Waals surface area contributed by atoms with Gasteiger partial charge in [0.15, 0.2) is 0 Å². The number of ether oxygens (including phenoxy) is 2. The number of rotatable bonds is 10. The number of hydrogen-bond acceptors (Lipinski definition) is 5. The molecule has 0 saturated heterocycles. The molecule has 0 aliphatic heterocycles. The zero-order valence-corrected chi connectivity index (χ0v) is 18.5. The van der Waals surface area contributed by atoms with E-state index in [9.17, 15) is 9.59 Å². The van der Waals surface area contributed by atoms with Gasteiger partial charge in [0, 0.05) is 11.5 Å². The number of hydrogen-bond donors (Lipinski definition) is 0. The van der Waals surface area contributed by atoms with Crippen molar-refractivity contribution < 1.29 is 19.1 Å². The Morgan fingerprint density at radius 2 is 1.03 bits per heavy atom. The number of carbonyl (C=O) groups is 2. The van der Waals surface area contributed by atoms with Gasteiger partial charge in [0.1, 0.15) is 11.2 Å². The van der Waals surface area contributed by atoms with E-state index >= 15 is 0 Å². The first-order chi connectivity index (χ1) is 13.7. The van der Waals surface area contributed by atoms with Crippen molar-refractivity contribution in [3.05, 3.63) is 71.8 Å². The van der Waals surface area contributed by atoms with Crippen LogP contribution in [0.3, 0.4) is 0 Å². The van der Waals surface area contributed by atoms with Crippen LogP contribution in [-0.4, -0.2) is 23.4 Å². The number of thioether (sulfide) groups is 1. The highest BCUT2D eigenvalue weighted by Gasteiger charge is 2.26. The Balaban J connectivity index is 1.66. The highest BCUT2D eigenvalue weighted by molar-refractivity contribution is 7.99. The summed E-state index contributed by atoms with van der Waals surface area (Å²) in [6, 6.07) is 19.4. The molecule has 0 unspecified atom stereocenters. The predicted molar refractivity (Wildman–Crippen MR) is 118 cm³/mol. The second kappa shape index (κ2) is 10.5. The molecule has 0 fully saturated rings. The van der Waals surface area contributed by atoms with Gasteiger partial charge >= 0.3 is 11.9 Å². The molecule has 0 spiro atoms. The molecule has 0 amide bonds. The van der Waals surface area contributed by atoms with E-state index in [0.29, 0.717) is 24.3 Å². The topological polar surface area (TPSA) is 52.6 Å². The first-order valence-corrected chi connectivity index (χ1v) is 11.0. The van der Waals surface area contributed by atoms with Crippen molar-refractivity contribution in [3.63, 3.8) is 0 Å². The molecule has 0 aliphatic rings. The van der Waals surface area contributed by atoms with Crippen molar-refractivity contribution in [2.75, 3.05) is 11.5 Å². The summed E-state index contributed by atoms with van der Waals surface area (Å²) in [5.74, 6) is 0.747. The third-order valence-corrected chi connectivity index (χ3v) is 5.56. The maximum Gasteiger partial charge on any atom is 0.307 e. The van der Waals surface area contributed by atoms with Gasteiger partial charge in [0.05, 0.1) is 12.8 Å². The Kier molecular flexibility index (Phi) is 8.32. The third-order valence-electron chi connectivity index (χ3n) is 4.58. The van der Waals surface area contributed by atoms with Crippen LogP contribution in [-0.2, 0) is 30.3 Å². The Labute approximate surface area is 178 Å². The Morgan fingerprint density at radius 3 is 1.38 bits per heavy atom. The summed E-state index contributed by atoms with van der Waals surface area (Å²) in [7, 11) is 0. The zero-order valence-electron chi connectivity index (χ0n) is 17.6. The van der Waals surface area contributed by atoms with Crippen LogP contribution < -0.4 is 0 Å². The second-order valence-corrected chi connectivity index (χ2v) is 9.04. The lowest BCUT2D eigenvalue weighted by atomic mass is 9.98. The standard InChI is InChI=1S/C24H30O4S/c1-23(2,19-11-7-5-8-12-19)27-21(25)15-17-29-18-16-22(26)28-24(3,4)20-13-9-6-10-14-20/h5-14H,15-18H2,1-4H3. The Morgan fingerprint density at radius 1 is 0.690 bits per heavy atom. The molecule has 4 nitrogen and oxygen atoms in total. The van der Waals surface area contributed by atoms with Crippen molar-refractivity contribution in [3.8, 4) is 0 Å². The van der Waals surface area contributed by atoms with E-state index < -0.39 is 11.2 Å². The minimum Gasteiger partial charge on any atom is -0.455 e. The minimum atomic E-state index is -0.657. The molecule has 0 aliphatic carbocycles. The predicted octanol–water partition coefficient (Wildman–Crippen LogP) is 5.46. The fraction of sp³-hybridized carbons (Fsp3) is 0.417. The summed E-state index contributed by atoms with van der Waals surface area (Å²) >= 11 is 1.55. The van der Waals surface area contributed by atoms with Crippen molar-refractivity contribution >= 4 is 23.7 Å². The summed E-state index contributed by atoms with van der Waals surface area (Å²) in [6.45, 7) is 7.55. The van der Waals surface area contributed by atoms with Gasteiger partial charge in [-0.1, -0.05) is 60.7 Å². The summed E-state index contributed by atoms with van der Waals surface area (Å²) in [5.41, 5.74) is 0.612. The van der Waals surface area contributed by atoms with Gasteiger partial charge in [-0.2, -0.15) is 11.8 Å². The Hall–Kier alpha value is -2.27. The third kappa shape index (κ3) is 7.58. The average molecular weight is 415 g/mol. The van der Waals surface area contributed by atoms with Crippen molar-refractivity contribution in [1.29, 1.82) is 0 Å². The van der Waals surface area contributed by atoms with Gasteiger partial charge < -0.3 is 9.47 Å². The van der Waals surface area contributed by atoms with Crippen LogP contribution in [0.25, 0.3) is 0 Å². The zero-order chi connectivity index (χ0) is 21.3. The molecule has 0 N–H and O–H groups in total. The molecule has 5 heteroatoms. The van der Waals surface area contributed by atoms with Gasteiger partial charge in [0.25, 0.3) is 0 Å². The number of carbonyl (C=O) groups excluding carboxylic acids is 2. The first-order valence-electron chi connectivity index (χ1n) is 9.83. The molecule has 0 aromatic heterocycles. The maximum absolute atomic E-state index is 12.1. The highest BCUT2D eigenvalue weighted by atomic mass is 32.2. The molecule has 0 radical (unpaired) electrons. The quantitative estimate of drug-likeness (QED) is 0.382. The molecule has 0 bridgehead atoms. The van der Waals surface area contributed by atoms with Crippen LogP contribution in [0.2, 0.25) is 0 Å². The molecular weight excluding hydrogens is 384 g/mol. The van der Waals surface area contributed by atoms with Crippen LogP contribution in [0.4, 0.5) is 0 Å². The summed E-state index contributed by atoms with van der Waals surface area (Å²) < 4.78 is 11.2. The van der Waals surface area contributed by atoms with E-state index in [0.717, 1.165) is 11.1 Å². The monoisotopic (exact) mass is 414 g/mol. The molecule has 2 rings (SSSR count). The second-order valence-electron chi connectivity index (χ2n) is 7.81.